The van der Waals surface area contributed by atoms with E-state index in [0.717, 1.165) is 32.5 Å². The molecule has 8 heteroatoms. The summed E-state index contributed by atoms with van der Waals surface area (Å²) in [5, 5.41) is 1.55. The molecule has 0 unspecified atom stereocenters. The summed E-state index contributed by atoms with van der Waals surface area (Å²) in [4.78, 5) is 16.1. The van der Waals surface area contributed by atoms with E-state index in [9.17, 15) is 0 Å². The zero-order valence-electron chi connectivity index (χ0n) is 11.5. The number of aryl methyl sites for hydroxylation is 1. The molecule has 0 fully saturated rings. The standard InChI is InChI=1S/C13H14N6OS/c1-7-6-15-12(19-14)18-11(7)21-13-16-9-4-3-8(20-2)5-10(9)17-13/h3-6H,14H2,1-2H3,(H,16,17)(H,15,18,19). The summed E-state index contributed by atoms with van der Waals surface area (Å²) in [5.74, 6) is 6.50. The number of H-pyrrole nitrogens is 1. The summed E-state index contributed by atoms with van der Waals surface area (Å²) in [6.45, 7) is 1.94. The van der Waals surface area contributed by atoms with Crippen LogP contribution in [0.2, 0.25) is 0 Å². The maximum atomic E-state index is 5.33. The molecule has 0 spiro atoms. The lowest BCUT2D eigenvalue weighted by Crippen LogP contribution is -2.10. The first-order chi connectivity index (χ1) is 10.2. The van der Waals surface area contributed by atoms with Crippen molar-refractivity contribution in [3.8, 4) is 5.75 Å². The van der Waals surface area contributed by atoms with E-state index < -0.39 is 0 Å². The Balaban J connectivity index is 1.94. The Morgan fingerprint density at radius 1 is 1.33 bits per heavy atom. The van der Waals surface area contributed by atoms with E-state index in [4.69, 9.17) is 10.6 Å². The van der Waals surface area contributed by atoms with Gasteiger partial charge in [0.25, 0.3) is 0 Å². The Labute approximate surface area is 125 Å². The number of aromatic nitrogens is 4. The number of nitrogens with one attached hydrogen (secondary N) is 2. The second-order valence-electron chi connectivity index (χ2n) is 4.35. The minimum absolute atomic E-state index is 0.376. The van der Waals surface area contributed by atoms with Gasteiger partial charge in [-0.2, -0.15) is 0 Å². The molecule has 0 aliphatic rings. The number of rotatable bonds is 4. The molecule has 0 amide bonds. The predicted molar refractivity (Wildman–Crippen MR) is 81.3 cm³/mol. The van der Waals surface area contributed by atoms with Crippen molar-refractivity contribution in [1.29, 1.82) is 0 Å². The van der Waals surface area contributed by atoms with Crippen LogP contribution in [0.4, 0.5) is 5.95 Å². The van der Waals surface area contributed by atoms with Crippen LogP contribution >= 0.6 is 11.8 Å². The number of hydrogen-bond donors (Lipinski definition) is 3. The molecule has 0 saturated carbocycles. The summed E-state index contributed by atoms with van der Waals surface area (Å²) in [5.41, 5.74) is 5.19. The Kier molecular flexibility index (Phi) is 3.63. The highest BCUT2D eigenvalue weighted by Crippen LogP contribution is 2.29. The highest BCUT2D eigenvalue weighted by molar-refractivity contribution is 7.99. The average molecular weight is 302 g/mol. The number of hydrazine groups is 1. The fraction of sp³-hybridized carbons (Fsp3) is 0.154. The van der Waals surface area contributed by atoms with E-state index in [-0.39, 0.29) is 0 Å². The molecule has 21 heavy (non-hydrogen) atoms. The maximum absolute atomic E-state index is 5.33. The van der Waals surface area contributed by atoms with Crippen LogP contribution in [0.1, 0.15) is 5.56 Å². The van der Waals surface area contributed by atoms with Crippen LogP contribution in [-0.2, 0) is 0 Å². The van der Waals surface area contributed by atoms with Gasteiger partial charge in [-0.3, -0.25) is 5.43 Å². The fourth-order valence-corrected chi connectivity index (χ4v) is 2.67. The SMILES string of the molecule is COc1ccc2nc(Sc3nc(NN)ncc3C)[nH]c2c1. The van der Waals surface area contributed by atoms with Crippen molar-refractivity contribution < 1.29 is 4.74 Å². The van der Waals surface area contributed by atoms with Gasteiger partial charge in [-0.15, -0.1) is 0 Å². The minimum Gasteiger partial charge on any atom is -0.497 e. The van der Waals surface area contributed by atoms with E-state index in [1.54, 1.807) is 13.3 Å². The van der Waals surface area contributed by atoms with Crippen molar-refractivity contribution in [3.05, 3.63) is 30.0 Å². The van der Waals surface area contributed by atoms with E-state index in [1.165, 1.54) is 11.8 Å². The van der Waals surface area contributed by atoms with Gasteiger partial charge in [0, 0.05) is 17.8 Å². The Morgan fingerprint density at radius 2 is 2.19 bits per heavy atom. The van der Waals surface area contributed by atoms with Gasteiger partial charge in [0.05, 0.1) is 18.1 Å². The van der Waals surface area contributed by atoms with Crippen LogP contribution in [0.15, 0.2) is 34.6 Å². The Bertz CT molecular complexity index is 787. The lowest BCUT2D eigenvalue weighted by atomic mass is 10.3. The van der Waals surface area contributed by atoms with Crippen molar-refractivity contribution in [2.75, 3.05) is 12.5 Å². The molecule has 7 nitrogen and oxygen atoms in total. The minimum atomic E-state index is 0.376. The number of nitrogens with zero attached hydrogens (tertiary/aromatic N) is 3. The van der Waals surface area contributed by atoms with Gasteiger partial charge in [-0.05, 0) is 30.8 Å². The number of aromatic amines is 1. The van der Waals surface area contributed by atoms with E-state index >= 15 is 0 Å². The van der Waals surface area contributed by atoms with Crippen LogP contribution < -0.4 is 16.0 Å². The Hall–Kier alpha value is -2.32. The number of hydrogen-bond acceptors (Lipinski definition) is 7. The van der Waals surface area contributed by atoms with Gasteiger partial charge < -0.3 is 9.72 Å². The third-order valence-corrected chi connectivity index (χ3v) is 3.91. The quantitative estimate of drug-likeness (QED) is 0.385. The van der Waals surface area contributed by atoms with E-state index in [1.807, 2.05) is 25.1 Å². The zero-order chi connectivity index (χ0) is 14.8. The first kappa shape index (κ1) is 13.7. The average Bonchev–Trinajstić information content (AvgIpc) is 2.90. The summed E-state index contributed by atoms with van der Waals surface area (Å²) in [7, 11) is 1.64. The van der Waals surface area contributed by atoms with Crippen LogP contribution in [0.3, 0.4) is 0 Å². The summed E-state index contributed by atoms with van der Waals surface area (Å²) < 4.78 is 5.20. The molecule has 1 aromatic carbocycles. The molecule has 4 N–H and O–H groups in total. The normalized spacial score (nSPS) is 10.8. The summed E-state index contributed by atoms with van der Waals surface area (Å²) in [6, 6.07) is 5.70. The Morgan fingerprint density at radius 3 is 2.95 bits per heavy atom. The van der Waals surface area contributed by atoms with Crippen molar-refractivity contribution in [3.63, 3.8) is 0 Å². The van der Waals surface area contributed by atoms with Gasteiger partial charge in [-0.1, -0.05) is 0 Å². The molecule has 0 atom stereocenters. The number of fused-ring (bicyclic) bond motifs is 1. The largest absolute Gasteiger partial charge is 0.497 e. The van der Waals surface area contributed by atoms with Gasteiger partial charge >= 0.3 is 0 Å². The number of benzene rings is 1. The van der Waals surface area contributed by atoms with Crippen LogP contribution in [0, 0.1) is 6.92 Å². The number of anilines is 1. The molecule has 0 aliphatic heterocycles. The van der Waals surface area contributed by atoms with Crippen LogP contribution in [0.25, 0.3) is 11.0 Å². The summed E-state index contributed by atoms with van der Waals surface area (Å²) >= 11 is 1.43. The highest BCUT2D eigenvalue weighted by atomic mass is 32.2. The highest BCUT2D eigenvalue weighted by Gasteiger charge is 2.10. The smallest absolute Gasteiger partial charge is 0.238 e. The van der Waals surface area contributed by atoms with E-state index in [2.05, 4.69) is 25.4 Å². The molecule has 2 heterocycles. The number of nitrogen functional groups attached to an aromatic ring is 1. The number of methoxy groups -OCH3 is 1. The van der Waals surface area contributed by atoms with Crippen LogP contribution in [0.5, 0.6) is 5.75 Å². The number of imidazole rings is 1. The van der Waals surface area contributed by atoms with Gasteiger partial charge in [0.1, 0.15) is 10.8 Å². The predicted octanol–water partition coefficient (Wildman–Crippen LogP) is 2.11. The molecular formula is C13H14N6OS. The molecule has 2 aromatic heterocycles. The van der Waals surface area contributed by atoms with Crippen molar-refractivity contribution in [1.82, 2.24) is 19.9 Å². The molecule has 0 aliphatic carbocycles. The van der Waals surface area contributed by atoms with Crippen molar-refractivity contribution in [2.24, 2.45) is 5.84 Å². The third-order valence-electron chi connectivity index (χ3n) is 2.92. The monoisotopic (exact) mass is 302 g/mol. The summed E-state index contributed by atoms with van der Waals surface area (Å²) in [6.07, 6.45) is 1.72. The van der Waals surface area contributed by atoms with Gasteiger partial charge in [0.2, 0.25) is 5.95 Å². The number of nitrogens with two attached hydrogens (primary N) is 1. The zero-order valence-corrected chi connectivity index (χ0v) is 12.4. The van der Waals surface area contributed by atoms with Gasteiger partial charge in [0.15, 0.2) is 5.16 Å². The molecule has 0 bridgehead atoms. The van der Waals surface area contributed by atoms with E-state index in [0.29, 0.717) is 5.95 Å². The fourth-order valence-electron chi connectivity index (χ4n) is 1.83. The van der Waals surface area contributed by atoms with Crippen LogP contribution in [-0.4, -0.2) is 27.0 Å². The molecule has 3 aromatic rings. The topological polar surface area (TPSA) is 102 Å². The molecule has 3 rings (SSSR count). The molecular weight excluding hydrogens is 288 g/mol. The second kappa shape index (κ2) is 5.58. The first-order valence-corrected chi connectivity index (χ1v) is 7.03. The molecule has 0 saturated heterocycles. The third kappa shape index (κ3) is 2.76. The van der Waals surface area contributed by atoms with Gasteiger partial charge in [-0.25, -0.2) is 20.8 Å². The first-order valence-electron chi connectivity index (χ1n) is 6.21. The van der Waals surface area contributed by atoms with Crippen molar-refractivity contribution in [2.45, 2.75) is 17.1 Å². The lowest BCUT2D eigenvalue weighted by Gasteiger charge is -2.04. The van der Waals surface area contributed by atoms with Crippen molar-refractivity contribution >= 4 is 28.7 Å². The molecule has 108 valence electrons. The lowest BCUT2D eigenvalue weighted by molar-refractivity contribution is 0.415. The second-order valence-corrected chi connectivity index (χ2v) is 5.33. The maximum Gasteiger partial charge on any atom is 0.238 e. The molecule has 0 radical (unpaired) electrons. The number of ether oxygens (including phenoxy) is 1.